The van der Waals surface area contributed by atoms with E-state index in [1.165, 1.54) is 0 Å². The molecule has 0 aliphatic rings. The lowest BCUT2D eigenvalue weighted by molar-refractivity contribution is 0.288. The quantitative estimate of drug-likeness (QED) is 0.758. The zero-order valence-corrected chi connectivity index (χ0v) is 7.38. The highest BCUT2D eigenvalue weighted by Gasteiger charge is 1.98. The van der Waals surface area contributed by atoms with Crippen LogP contribution in [0.1, 0.15) is 12.0 Å². The Kier molecular flexibility index (Phi) is 3.38. The highest BCUT2D eigenvalue weighted by atomic mass is 35.5. The van der Waals surface area contributed by atoms with Gasteiger partial charge in [0, 0.05) is 6.61 Å². The molecule has 0 saturated heterocycles. The number of aromatic hydroxyl groups is 1. The van der Waals surface area contributed by atoms with E-state index < -0.39 is 0 Å². The summed E-state index contributed by atoms with van der Waals surface area (Å²) in [4.78, 5) is 0. The summed E-state index contributed by atoms with van der Waals surface area (Å²) in [5, 5.41) is 18.0. The summed E-state index contributed by atoms with van der Waals surface area (Å²) in [7, 11) is 0. The molecule has 0 aliphatic heterocycles. The first kappa shape index (κ1) is 9.36. The van der Waals surface area contributed by atoms with Gasteiger partial charge in [0.25, 0.3) is 0 Å². The minimum atomic E-state index is 0.101. The van der Waals surface area contributed by atoms with Gasteiger partial charge >= 0.3 is 0 Å². The summed E-state index contributed by atoms with van der Waals surface area (Å²) in [6.07, 6.45) is 1.51. The zero-order chi connectivity index (χ0) is 8.97. The van der Waals surface area contributed by atoms with Crippen molar-refractivity contribution in [3.8, 4) is 5.75 Å². The fraction of sp³-hybridized carbons (Fsp3) is 0.333. The molecule has 0 aromatic heterocycles. The molecule has 1 aromatic rings. The second kappa shape index (κ2) is 4.33. The molecule has 0 spiro atoms. The summed E-state index contributed by atoms with van der Waals surface area (Å²) in [5.41, 5.74) is 1.03. The van der Waals surface area contributed by atoms with Gasteiger partial charge in [-0.1, -0.05) is 17.7 Å². The predicted octanol–water partition coefficient (Wildman–Crippen LogP) is 1.97. The van der Waals surface area contributed by atoms with Crippen LogP contribution in [0.15, 0.2) is 18.2 Å². The molecule has 1 rings (SSSR count). The van der Waals surface area contributed by atoms with Gasteiger partial charge in [0.1, 0.15) is 5.75 Å². The molecule has 0 aliphatic carbocycles. The van der Waals surface area contributed by atoms with Gasteiger partial charge in [0.15, 0.2) is 0 Å². The fourth-order valence-corrected chi connectivity index (χ4v) is 1.19. The van der Waals surface area contributed by atoms with Crippen LogP contribution in [0.3, 0.4) is 0 Å². The van der Waals surface area contributed by atoms with E-state index in [-0.39, 0.29) is 12.4 Å². The summed E-state index contributed by atoms with van der Waals surface area (Å²) in [6, 6.07) is 5.08. The van der Waals surface area contributed by atoms with Crippen LogP contribution in [0.2, 0.25) is 5.02 Å². The molecule has 0 saturated carbocycles. The van der Waals surface area contributed by atoms with E-state index >= 15 is 0 Å². The van der Waals surface area contributed by atoms with E-state index in [0.29, 0.717) is 5.02 Å². The Morgan fingerprint density at radius 3 is 2.67 bits per heavy atom. The third-order valence-corrected chi connectivity index (χ3v) is 1.94. The summed E-state index contributed by atoms with van der Waals surface area (Å²) in [6.45, 7) is 0.179. The van der Waals surface area contributed by atoms with Gasteiger partial charge in [-0.25, -0.2) is 0 Å². The van der Waals surface area contributed by atoms with Crippen molar-refractivity contribution in [2.45, 2.75) is 12.8 Å². The van der Waals surface area contributed by atoms with Crippen LogP contribution < -0.4 is 0 Å². The Morgan fingerprint density at radius 2 is 2.08 bits per heavy atom. The second-order valence-corrected chi connectivity index (χ2v) is 3.02. The van der Waals surface area contributed by atoms with Crippen molar-refractivity contribution in [1.29, 1.82) is 0 Å². The van der Waals surface area contributed by atoms with Crippen LogP contribution in [0, 0.1) is 0 Å². The van der Waals surface area contributed by atoms with Crippen molar-refractivity contribution in [3.63, 3.8) is 0 Å². The molecule has 12 heavy (non-hydrogen) atoms. The Morgan fingerprint density at radius 1 is 1.33 bits per heavy atom. The molecule has 1 aromatic carbocycles. The molecule has 0 unspecified atom stereocenters. The van der Waals surface area contributed by atoms with Gasteiger partial charge in [-0.2, -0.15) is 0 Å². The van der Waals surface area contributed by atoms with E-state index in [4.69, 9.17) is 21.8 Å². The van der Waals surface area contributed by atoms with E-state index in [1.54, 1.807) is 18.2 Å². The molecule has 3 heteroatoms. The van der Waals surface area contributed by atoms with E-state index in [0.717, 1.165) is 18.4 Å². The summed E-state index contributed by atoms with van der Waals surface area (Å²) >= 11 is 5.68. The number of halogens is 1. The third kappa shape index (κ3) is 2.40. The molecule has 0 atom stereocenters. The lowest BCUT2D eigenvalue weighted by atomic mass is 10.1. The Labute approximate surface area is 76.4 Å². The molecule has 2 nitrogen and oxygen atoms in total. The van der Waals surface area contributed by atoms with Gasteiger partial charge in [0.2, 0.25) is 0 Å². The number of phenolic OH excluding ortho intramolecular Hbond substituents is 1. The monoisotopic (exact) mass is 186 g/mol. The number of hydrogen-bond donors (Lipinski definition) is 2. The SMILES string of the molecule is OCCCc1ccc(O)c(Cl)c1. The molecule has 0 radical (unpaired) electrons. The van der Waals surface area contributed by atoms with Crippen LogP contribution in [-0.2, 0) is 6.42 Å². The molecule has 0 fully saturated rings. The van der Waals surface area contributed by atoms with Gasteiger partial charge in [-0.3, -0.25) is 0 Å². The lowest BCUT2D eigenvalue weighted by Crippen LogP contribution is -1.88. The molecular formula is C9H11ClO2. The number of aliphatic hydroxyl groups is 1. The molecule has 0 heterocycles. The highest BCUT2D eigenvalue weighted by molar-refractivity contribution is 6.32. The largest absolute Gasteiger partial charge is 0.506 e. The van der Waals surface area contributed by atoms with E-state index in [9.17, 15) is 0 Å². The van der Waals surface area contributed by atoms with Crippen molar-refractivity contribution in [3.05, 3.63) is 28.8 Å². The predicted molar refractivity (Wildman–Crippen MR) is 48.5 cm³/mol. The molecule has 66 valence electrons. The van der Waals surface area contributed by atoms with Gasteiger partial charge in [-0.15, -0.1) is 0 Å². The van der Waals surface area contributed by atoms with Crippen LogP contribution in [-0.4, -0.2) is 16.8 Å². The first-order valence-corrected chi connectivity index (χ1v) is 4.20. The third-order valence-electron chi connectivity index (χ3n) is 1.64. The van der Waals surface area contributed by atoms with Crippen molar-refractivity contribution < 1.29 is 10.2 Å². The number of hydrogen-bond acceptors (Lipinski definition) is 2. The summed E-state index contributed by atoms with van der Waals surface area (Å²) in [5.74, 6) is 0.101. The molecule has 2 N–H and O–H groups in total. The van der Waals surface area contributed by atoms with E-state index in [1.807, 2.05) is 0 Å². The number of phenols is 1. The molecule has 0 bridgehead atoms. The summed E-state index contributed by atoms with van der Waals surface area (Å²) < 4.78 is 0. The van der Waals surface area contributed by atoms with Gasteiger partial charge < -0.3 is 10.2 Å². The van der Waals surface area contributed by atoms with Crippen LogP contribution in [0.5, 0.6) is 5.75 Å². The average Bonchev–Trinajstić information content (AvgIpc) is 2.07. The number of rotatable bonds is 3. The first-order chi connectivity index (χ1) is 5.74. The Hall–Kier alpha value is -0.730. The van der Waals surface area contributed by atoms with Crippen LogP contribution >= 0.6 is 11.6 Å². The minimum Gasteiger partial charge on any atom is -0.506 e. The van der Waals surface area contributed by atoms with Crippen LogP contribution in [0.4, 0.5) is 0 Å². The van der Waals surface area contributed by atoms with Crippen molar-refractivity contribution >= 4 is 11.6 Å². The number of benzene rings is 1. The van der Waals surface area contributed by atoms with E-state index in [2.05, 4.69) is 0 Å². The minimum absolute atomic E-state index is 0.101. The molecule has 0 amide bonds. The van der Waals surface area contributed by atoms with Crippen molar-refractivity contribution in [2.24, 2.45) is 0 Å². The lowest BCUT2D eigenvalue weighted by Gasteiger charge is -2.01. The maximum atomic E-state index is 9.09. The van der Waals surface area contributed by atoms with Crippen molar-refractivity contribution in [1.82, 2.24) is 0 Å². The first-order valence-electron chi connectivity index (χ1n) is 3.82. The smallest absolute Gasteiger partial charge is 0.134 e. The maximum Gasteiger partial charge on any atom is 0.134 e. The normalized spacial score (nSPS) is 10.2. The number of aryl methyl sites for hydroxylation is 1. The Bertz CT molecular complexity index is 261. The maximum absolute atomic E-state index is 9.09. The highest BCUT2D eigenvalue weighted by Crippen LogP contribution is 2.23. The standard InChI is InChI=1S/C9H11ClO2/c10-8-6-7(2-1-5-11)3-4-9(8)12/h3-4,6,11-12H,1-2,5H2. The average molecular weight is 187 g/mol. The topological polar surface area (TPSA) is 40.5 Å². The fourth-order valence-electron chi connectivity index (χ4n) is 0.989. The van der Waals surface area contributed by atoms with Gasteiger partial charge in [-0.05, 0) is 30.5 Å². The molecular weight excluding hydrogens is 176 g/mol. The van der Waals surface area contributed by atoms with Crippen molar-refractivity contribution in [2.75, 3.05) is 6.61 Å². The van der Waals surface area contributed by atoms with Crippen LogP contribution in [0.25, 0.3) is 0 Å². The van der Waals surface area contributed by atoms with Gasteiger partial charge in [0.05, 0.1) is 5.02 Å². The Balaban J connectivity index is 2.69. The second-order valence-electron chi connectivity index (χ2n) is 2.61. The number of aliphatic hydroxyl groups excluding tert-OH is 1. The zero-order valence-electron chi connectivity index (χ0n) is 6.63.